The summed E-state index contributed by atoms with van der Waals surface area (Å²) < 4.78 is 41.9. The normalized spacial score (nSPS) is 11.6. The summed E-state index contributed by atoms with van der Waals surface area (Å²) in [6.45, 7) is 1.42. The van der Waals surface area contributed by atoms with Gasteiger partial charge in [0.05, 0.1) is 4.90 Å². The van der Waals surface area contributed by atoms with Gasteiger partial charge in [-0.3, -0.25) is 9.40 Å². The second-order valence-electron chi connectivity index (χ2n) is 4.40. The number of hydrogen-bond acceptors (Lipinski definition) is 4. The first-order valence-corrected chi connectivity index (χ1v) is 7.33. The topological polar surface area (TPSA) is 90.0 Å². The third-order valence-corrected chi connectivity index (χ3v) is 4.12. The van der Waals surface area contributed by atoms with Crippen LogP contribution >= 0.6 is 0 Å². The van der Waals surface area contributed by atoms with Crippen LogP contribution in [0.1, 0.15) is 11.1 Å². The summed E-state index contributed by atoms with van der Waals surface area (Å²) in [6.07, 6.45) is 1.61. The molecule has 0 bridgehead atoms. The van der Waals surface area contributed by atoms with Crippen LogP contribution in [-0.4, -0.2) is 18.2 Å². The van der Waals surface area contributed by atoms with Gasteiger partial charge in [0.2, 0.25) is 0 Å². The fraction of sp³-hybridized carbons (Fsp3) is 0.250. The van der Waals surface area contributed by atoms with E-state index in [4.69, 9.17) is 5.73 Å². The molecule has 0 atom stereocenters. The Morgan fingerprint density at radius 3 is 2.70 bits per heavy atom. The van der Waals surface area contributed by atoms with Crippen molar-refractivity contribution in [2.24, 2.45) is 12.8 Å². The van der Waals surface area contributed by atoms with Crippen LogP contribution in [0, 0.1) is 12.7 Å². The number of aromatic nitrogens is 2. The average Bonchev–Trinajstić information content (AvgIpc) is 2.77. The van der Waals surface area contributed by atoms with Gasteiger partial charge in [-0.1, -0.05) is 0 Å². The van der Waals surface area contributed by atoms with Crippen LogP contribution in [0.2, 0.25) is 0 Å². The van der Waals surface area contributed by atoms with Crippen molar-refractivity contribution in [2.45, 2.75) is 18.4 Å². The molecule has 1 heterocycles. The second-order valence-corrected chi connectivity index (χ2v) is 6.08. The van der Waals surface area contributed by atoms with Crippen LogP contribution in [0.3, 0.4) is 0 Å². The number of benzene rings is 1. The molecule has 0 spiro atoms. The minimum absolute atomic E-state index is 0.0393. The molecule has 0 saturated carbocycles. The van der Waals surface area contributed by atoms with Crippen molar-refractivity contribution in [1.29, 1.82) is 0 Å². The van der Waals surface area contributed by atoms with Crippen LogP contribution in [-0.2, 0) is 23.6 Å². The van der Waals surface area contributed by atoms with E-state index in [9.17, 15) is 12.8 Å². The number of halogens is 1. The van der Waals surface area contributed by atoms with E-state index in [-0.39, 0.29) is 28.4 Å². The van der Waals surface area contributed by atoms with Gasteiger partial charge in [0.15, 0.2) is 5.82 Å². The zero-order chi connectivity index (χ0) is 14.9. The third kappa shape index (κ3) is 2.81. The molecule has 1 aromatic heterocycles. The van der Waals surface area contributed by atoms with Crippen molar-refractivity contribution in [2.75, 3.05) is 4.72 Å². The van der Waals surface area contributed by atoms with Crippen LogP contribution in [0.4, 0.5) is 10.2 Å². The highest BCUT2D eigenvalue weighted by molar-refractivity contribution is 7.92. The lowest BCUT2D eigenvalue weighted by molar-refractivity contribution is 0.591. The zero-order valence-electron chi connectivity index (χ0n) is 11.1. The van der Waals surface area contributed by atoms with Crippen molar-refractivity contribution in [1.82, 2.24) is 9.78 Å². The smallest absolute Gasteiger partial charge is 0.263 e. The number of nitrogens with two attached hydrogens (primary N) is 1. The van der Waals surface area contributed by atoms with E-state index >= 15 is 0 Å². The molecule has 2 rings (SSSR count). The van der Waals surface area contributed by atoms with E-state index in [1.54, 1.807) is 13.2 Å². The summed E-state index contributed by atoms with van der Waals surface area (Å²) in [5.74, 6) is -0.284. The maximum Gasteiger partial charge on any atom is 0.263 e. The molecule has 20 heavy (non-hydrogen) atoms. The average molecular weight is 298 g/mol. The van der Waals surface area contributed by atoms with Gasteiger partial charge in [-0.25, -0.2) is 12.8 Å². The Labute approximate surface area is 116 Å². The van der Waals surface area contributed by atoms with E-state index < -0.39 is 15.8 Å². The molecule has 0 aliphatic rings. The summed E-state index contributed by atoms with van der Waals surface area (Å²) in [6, 6.07) is 4.02. The number of anilines is 1. The number of nitrogens with zero attached hydrogens (tertiary/aromatic N) is 2. The molecule has 0 amide bonds. The molecule has 0 aliphatic heterocycles. The first-order valence-electron chi connectivity index (χ1n) is 5.85. The molecule has 108 valence electrons. The van der Waals surface area contributed by atoms with Gasteiger partial charge in [-0.2, -0.15) is 5.10 Å². The van der Waals surface area contributed by atoms with Crippen molar-refractivity contribution in [3.63, 3.8) is 0 Å². The third-order valence-electron chi connectivity index (χ3n) is 2.79. The molecular formula is C12H15FN4O2S. The largest absolute Gasteiger partial charge is 0.326 e. The number of rotatable bonds is 4. The van der Waals surface area contributed by atoms with Gasteiger partial charge >= 0.3 is 0 Å². The lowest BCUT2D eigenvalue weighted by Gasteiger charge is -2.10. The molecule has 0 aliphatic carbocycles. The monoisotopic (exact) mass is 298 g/mol. The fourth-order valence-electron chi connectivity index (χ4n) is 1.78. The van der Waals surface area contributed by atoms with E-state index in [0.717, 1.165) is 0 Å². The Bertz CT molecular complexity index is 740. The van der Waals surface area contributed by atoms with Crippen molar-refractivity contribution >= 4 is 15.8 Å². The summed E-state index contributed by atoms with van der Waals surface area (Å²) in [7, 11) is -2.15. The number of nitrogens with one attached hydrogen (secondary N) is 1. The molecule has 8 heteroatoms. The van der Waals surface area contributed by atoms with E-state index in [0.29, 0.717) is 0 Å². The standard InChI is InChI=1S/C12H15FN4O2S/c1-8-5-10(6-9(7-14)12(8)13)20(18,19)16-11-3-4-17(2)15-11/h3-6H,7,14H2,1-2H3,(H,15,16). The summed E-state index contributed by atoms with van der Waals surface area (Å²) in [5, 5.41) is 3.93. The molecule has 1 aromatic carbocycles. The highest BCUT2D eigenvalue weighted by Gasteiger charge is 2.18. The Balaban J connectivity index is 2.41. The lowest BCUT2D eigenvalue weighted by atomic mass is 10.1. The van der Waals surface area contributed by atoms with Crippen LogP contribution in [0.5, 0.6) is 0 Å². The van der Waals surface area contributed by atoms with Gasteiger partial charge in [0, 0.05) is 31.4 Å². The first-order chi connectivity index (χ1) is 9.33. The lowest BCUT2D eigenvalue weighted by Crippen LogP contribution is -2.15. The minimum atomic E-state index is -3.82. The quantitative estimate of drug-likeness (QED) is 0.885. The van der Waals surface area contributed by atoms with Crippen LogP contribution < -0.4 is 10.5 Å². The molecular weight excluding hydrogens is 283 g/mol. The van der Waals surface area contributed by atoms with E-state index in [1.165, 1.54) is 29.8 Å². The summed E-state index contributed by atoms with van der Waals surface area (Å²) in [4.78, 5) is -0.0393. The highest BCUT2D eigenvalue weighted by atomic mass is 32.2. The van der Waals surface area contributed by atoms with Crippen LogP contribution in [0.25, 0.3) is 0 Å². The van der Waals surface area contributed by atoms with Crippen molar-refractivity contribution in [3.05, 3.63) is 41.3 Å². The maximum absolute atomic E-state index is 13.7. The Kier molecular flexibility index (Phi) is 3.78. The number of hydrogen-bond donors (Lipinski definition) is 2. The molecule has 0 unspecified atom stereocenters. The molecule has 0 fully saturated rings. The number of sulfonamides is 1. The molecule has 3 N–H and O–H groups in total. The van der Waals surface area contributed by atoms with Gasteiger partial charge in [0.25, 0.3) is 10.0 Å². The number of aryl methyl sites for hydroxylation is 2. The molecule has 6 nitrogen and oxygen atoms in total. The minimum Gasteiger partial charge on any atom is -0.326 e. The van der Waals surface area contributed by atoms with Gasteiger partial charge in [-0.05, 0) is 24.6 Å². The molecule has 0 saturated heterocycles. The van der Waals surface area contributed by atoms with E-state index in [1.807, 2.05) is 0 Å². The zero-order valence-corrected chi connectivity index (χ0v) is 11.9. The van der Waals surface area contributed by atoms with Gasteiger partial charge in [0.1, 0.15) is 5.82 Å². The Hall–Kier alpha value is -1.93. The van der Waals surface area contributed by atoms with Crippen molar-refractivity contribution in [3.8, 4) is 0 Å². The highest BCUT2D eigenvalue weighted by Crippen LogP contribution is 2.21. The SMILES string of the molecule is Cc1cc(S(=O)(=O)Nc2ccn(C)n2)cc(CN)c1F. The Morgan fingerprint density at radius 1 is 1.45 bits per heavy atom. The van der Waals surface area contributed by atoms with E-state index in [2.05, 4.69) is 9.82 Å². The fourth-order valence-corrected chi connectivity index (χ4v) is 2.91. The van der Waals surface area contributed by atoms with Gasteiger partial charge in [-0.15, -0.1) is 0 Å². The van der Waals surface area contributed by atoms with Crippen molar-refractivity contribution < 1.29 is 12.8 Å². The molecule has 0 radical (unpaired) electrons. The predicted molar refractivity (Wildman–Crippen MR) is 73.0 cm³/mol. The van der Waals surface area contributed by atoms with Crippen LogP contribution in [0.15, 0.2) is 29.3 Å². The summed E-state index contributed by atoms with van der Waals surface area (Å²) >= 11 is 0. The molecule has 2 aromatic rings. The predicted octanol–water partition coefficient (Wildman–Crippen LogP) is 1.13. The second kappa shape index (κ2) is 5.22. The Morgan fingerprint density at radius 2 is 2.15 bits per heavy atom. The summed E-state index contributed by atoms with van der Waals surface area (Å²) in [5.41, 5.74) is 5.81. The van der Waals surface area contributed by atoms with Gasteiger partial charge < -0.3 is 5.73 Å². The first kappa shape index (κ1) is 14.5. The maximum atomic E-state index is 13.7.